The van der Waals surface area contributed by atoms with Gasteiger partial charge in [-0.2, -0.15) is 8.42 Å². The number of anilines is 1. The number of carbonyl (C=O) groups is 2. The number of benzene rings is 1. The minimum atomic E-state index is -3.94. The number of hydrogen-bond donors (Lipinski definition) is 2. The van der Waals surface area contributed by atoms with Gasteiger partial charge in [-0.1, -0.05) is 26.7 Å². The summed E-state index contributed by atoms with van der Waals surface area (Å²) < 4.78 is 27.0. The zero-order chi connectivity index (χ0) is 19.8. The molecular weight excluding hydrogens is 368 g/mol. The maximum absolute atomic E-state index is 12.1. The minimum Gasteiger partial charge on any atom is -0.506 e. The molecule has 1 heterocycles. The molecule has 3 rings (SSSR count). The zero-order valence-corrected chi connectivity index (χ0v) is 16.5. The standard InChI is InChI=1S/C19H26N2O5S/c1-19(2,12-22)7-3-4-13-5-6-14-10-17(23)16(9-15(14)8-13)21-11-18(24)20-27(21,25)26/h9-10,12-13,23H,3-8,11H2,1-2H3,(H,20,24). The molecule has 8 heteroatoms. The number of carbonyl (C=O) groups excluding carboxylic acids is 2. The van der Waals surface area contributed by atoms with E-state index in [1.807, 2.05) is 18.6 Å². The van der Waals surface area contributed by atoms with Crippen molar-refractivity contribution in [2.75, 3.05) is 10.8 Å². The fourth-order valence-electron chi connectivity index (χ4n) is 3.87. The van der Waals surface area contributed by atoms with Gasteiger partial charge in [-0.15, -0.1) is 0 Å². The van der Waals surface area contributed by atoms with E-state index >= 15 is 0 Å². The van der Waals surface area contributed by atoms with Crippen molar-refractivity contribution < 1.29 is 23.1 Å². The maximum Gasteiger partial charge on any atom is 0.326 e. The third-order valence-electron chi connectivity index (χ3n) is 5.47. The number of nitrogens with zero attached hydrogens (tertiary/aromatic N) is 1. The van der Waals surface area contributed by atoms with Crippen molar-refractivity contribution in [2.24, 2.45) is 11.3 Å². The predicted molar refractivity (Wildman–Crippen MR) is 102 cm³/mol. The molecule has 0 aromatic heterocycles. The lowest BCUT2D eigenvalue weighted by Gasteiger charge is -2.27. The highest BCUT2D eigenvalue weighted by Crippen LogP contribution is 2.38. The first kappa shape index (κ1) is 19.7. The largest absolute Gasteiger partial charge is 0.506 e. The van der Waals surface area contributed by atoms with E-state index in [9.17, 15) is 23.1 Å². The molecule has 1 atom stereocenters. The van der Waals surface area contributed by atoms with E-state index in [1.165, 1.54) is 0 Å². The number of phenols is 1. The molecule has 1 aliphatic carbocycles. The average Bonchev–Trinajstić information content (AvgIpc) is 2.86. The van der Waals surface area contributed by atoms with Crippen molar-refractivity contribution in [1.82, 2.24) is 4.72 Å². The molecule has 1 unspecified atom stereocenters. The van der Waals surface area contributed by atoms with Crippen LogP contribution in [0, 0.1) is 11.3 Å². The topological polar surface area (TPSA) is 104 Å². The lowest BCUT2D eigenvalue weighted by molar-refractivity contribution is -0.117. The molecule has 148 valence electrons. The Morgan fingerprint density at radius 2 is 2.07 bits per heavy atom. The molecular formula is C19H26N2O5S. The van der Waals surface area contributed by atoms with E-state index in [2.05, 4.69) is 0 Å². The number of rotatable bonds is 6. The zero-order valence-electron chi connectivity index (χ0n) is 15.7. The third-order valence-corrected chi connectivity index (χ3v) is 6.86. The summed E-state index contributed by atoms with van der Waals surface area (Å²) >= 11 is 0. The fraction of sp³-hybridized carbons (Fsp3) is 0.579. The van der Waals surface area contributed by atoms with Crippen LogP contribution in [-0.4, -0.2) is 32.3 Å². The van der Waals surface area contributed by atoms with Gasteiger partial charge in [-0.05, 0) is 54.9 Å². The Kier molecular flexibility index (Phi) is 5.20. The van der Waals surface area contributed by atoms with Gasteiger partial charge >= 0.3 is 10.2 Å². The van der Waals surface area contributed by atoms with Gasteiger partial charge in [0.15, 0.2) is 0 Å². The van der Waals surface area contributed by atoms with Gasteiger partial charge in [0.1, 0.15) is 18.6 Å². The van der Waals surface area contributed by atoms with Crippen LogP contribution in [-0.2, 0) is 32.6 Å². The summed E-state index contributed by atoms with van der Waals surface area (Å²) in [5.41, 5.74) is 1.89. The highest BCUT2D eigenvalue weighted by atomic mass is 32.2. The van der Waals surface area contributed by atoms with Crippen molar-refractivity contribution in [2.45, 2.75) is 52.4 Å². The molecule has 2 N–H and O–H groups in total. The van der Waals surface area contributed by atoms with Gasteiger partial charge in [0.25, 0.3) is 5.91 Å². The van der Waals surface area contributed by atoms with Crippen LogP contribution in [0.3, 0.4) is 0 Å². The Labute approximate surface area is 159 Å². The average molecular weight is 394 g/mol. The van der Waals surface area contributed by atoms with E-state index in [4.69, 9.17) is 0 Å². The second kappa shape index (κ2) is 7.14. The molecule has 1 aliphatic heterocycles. The Morgan fingerprint density at radius 1 is 1.33 bits per heavy atom. The van der Waals surface area contributed by atoms with Crippen molar-refractivity contribution in [3.05, 3.63) is 23.3 Å². The first-order chi connectivity index (χ1) is 12.6. The van der Waals surface area contributed by atoms with Crippen LogP contribution in [0.4, 0.5) is 5.69 Å². The fourth-order valence-corrected chi connectivity index (χ4v) is 5.03. The van der Waals surface area contributed by atoms with Crippen molar-refractivity contribution in [3.8, 4) is 5.75 Å². The molecule has 1 amide bonds. The molecule has 0 radical (unpaired) electrons. The highest BCUT2D eigenvalue weighted by Gasteiger charge is 2.36. The lowest BCUT2D eigenvalue weighted by Crippen LogP contribution is -2.30. The summed E-state index contributed by atoms with van der Waals surface area (Å²) in [5, 5.41) is 10.3. The van der Waals surface area contributed by atoms with Gasteiger partial charge in [-0.25, -0.2) is 9.03 Å². The highest BCUT2D eigenvalue weighted by molar-refractivity contribution is 7.92. The number of aryl methyl sites for hydroxylation is 1. The number of fused-ring (bicyclic) bond motifs is 1. The molecule has 7 nitrogen and oxygen atoms in total. The Morgan fingerprint density at radius 3 is 2.70 bits per heavy atom. The first-order valence-electron chi connectivity index (χ1n) is 9.26. The molecule has 1 aromatic rings. The number of hydrogen-bond acceptors (Lipinski definition) is 5. The van der Waals surface area contributed by atoms with Crippen molar-refractivity contribution >= 4 is 28.1 Å². The second-order valence-electron chi connectivity index (χ2n) is 8.25. The van der Waals surface area contributed by atoms with Gasteiger partial charge in [0.05, 0.1) is 5.69 Å². The van der Waals surface area contributed by atoms with Gasteiger partial charge in [0.2, 0.25) is 0 Å². The van der Waals surface area contributed by atoms with Crippen LogP contribution in [0.5, 0.6) is 5.75 Å². The number of phenolic OH excluding ortho intramolecular Hbond substituents is 1. The summed E-state index contributed by atoms with van der Waals surface area (Å²) in [6.45, 7) is 3.56. The quantitative estimate of drug-likeness (QED) is 0.719. The van der Waals surface area contributed by atoms with E-state index in [0.717, 1.165) is 60.2 Å². The molecule has 0 spiro atoms. The smallest absolute Gasteiger partial charge is 0.326 e. The summed E-state index contributed by atoms with van der Waals surface area (Å²) in [6.07, 6.45) is 6.47. The molecule has 2 aliphatic rings. The normalized spacial score (nSPS) is 21.6. The molecule has 1 saturated heterocycles. The second-order valence-corrected chi connectivity index (χ2v) is 9.85. The molecule has 0 bridgehead atoms. The van der Waals surface area contributed by atoms with Crippen LogP contribution >= 0.6 is 0 Å². The summed E-state index contributed by atoms with van der Waals surface area (Å²) in [7, 11) is -3.94. The van der Waals surface area contributed by atoms with Crippen molar-refractivity contribution in [1.29, 1.82) is 0 Å². The molecule has 1 aromatic carbocycles. The molecule has 1 fully saturated rings. The van der Waals surface area contributed by atoms with Crippen LogP contribution in [0.25, 0.3) is 0 Å². The Bertz CT molecular complexity index is 863. The third kappa shape index (κ3) is 4.26. The first-order valence-corrected chi connectivity index (χ1v) is 10.7. The maximum atomic E-state index is 12.1. The Hall–Kier alpha value is -2.09. The predicted octanol–water partition coefficient (Wildman–Crippen LogP) is 2.07. The number of nitrogens with one attached hydrogen (secondary N) is 1. The van der Waals surface area contributed by atoms with Gasteiger partial charge < -0.3 is 9.90 Å². The van der Waals surface area contributed by atoms with E-state index in [-0.39, 0.29) is 23.4 Å². The summed E-state index contributed by atoms with van der Waals surface area (Å²) in [4.78, 5) is 22.5. The monoisotopic (exact) mass is 394 g/mol. The number of aromatic hydroxyl groups is 1. The van der Waals surface area contributed by atoms with Crippen LogP contribution < -0.4 is 9.03 Å². The summed E-state index contributed by atoms with van der Waals surface area (Å²) in [6, 6.07) is 3.32. The van der Waals surface area contributed by atoms with Crippen LogP contribution in [0.2, 0.25) is 0 Å². The van der Waals surface area contributed by atoms with Gasteiger partial charge in [0, 0.05) is 5.41 Å². The number of aldehydes is 1. The molecule has 0 saturated carbocycles. The van der Waals surface area contributed by atoms with Gasteiger partial charge in [-0.3, -0.25) is 4.79 Å². The van der Waals surface area contributed by atoms with E-state index < -0.39 is 16.1 Å². The number of amides is 1. The van der Waals surface area contributed by atoms with Crippen molar-refractivity contribution in [3.63, 3.8) is 0 Å². The molecule has 27 heavy (non-hydrogen) atoms. The minimum absolute atomic E-state index is 0.125. The lowest BCUT2D eigenvalue weighted by atomic mass is 9.79. The Balaban J connectivity index is 1.75. The van der Waals surface area contributed by atoms with E-state index in [0.29, 0.717) is 5.92 Å². The SMILES string of the molecule is CC(C)(C=O)CCCC1CCc2cc(O)c(N3CC(=O)NS3(=O)=O)cc2C1. The summed E-state index contributed by atoms with van der Waals surface area (Å²) in [5.74, 6) is -0.268. The van der Waals surface area contributed by atoms with E-state index in [1.54, 1.807) is 12.1 Å². The van der Waals surface area contributed by atoms with Crippen LogP contribution in [0.1, 0.15) is 50.7 Å². The van der Waals surface area contributed by atoms with Crippen LogP contribution in [0.15, 0.2) is 12.1 Å².